The minimum Gasteiger partial charge on any atom is -0.382 e. The lowest BCUT2D eigenvalue weighted by Gasteiger charge is -2.30. The number of aromatic nitrogens is 2. The number of hydrogen-bond acceptors (Lipinski definition) is 3. The Balaban J connectivity index is 2.02. The van der Waals surface area contributed by atoms with Gasteiger partial charge in [-0.2, -0.15) is 5.10 Å². The smallest absolute Gasteiger partial charge is 0.145 e. The fraction of sp³-hybridized carbons (Fsp3) is 0.750. The molecule has 0 aliphatic carbocycles. The second-order valence-electron chi connectivity index (χ2n) is 4.86. The Morgan fingerprint density at radius 3 is 3.06 bits per heavy atom. The molecule has 1 saturated heterocycles. The van der Waals surface area contributed by atoms with Crippen LogP contribution in [0.3, 0.4) is 0 Å². The lowest BCUT2D eigenvalue weighted by molar-refractivity contribution is 0.172. The minimum atomic E-state index is 0.641. The van der Waals surface area contributed by atoms with Crippen LogP contribution in [-0.2, 0) is 13.1 Å². The van der Waals surface area contributed by atoms with Crippen LogP contribution in [0.15, 0.2) is 6.07 Å². The highest BCUT2D eigenvalue weighted by molar-refractivity contribution is 5.29. The standard InChI is InChI=1S/C12H22N4/c1-3-16-11(7-12(13)14-16)9-15-6-4-5-10(2)8-15/h7,10H,3-6,8-9H2,1-2H3,(H2,13,14). The molecule has 90 valence electrons. The summed E-state index contributed by atoms with van der Waals surface area (Å²) < 4.78 is 2.01. The van der Waals surface area contributed by atoms with Gasteiger partial charge in [-0.15, -0.1) is 0 Å². The molecule has 4 heteroatoms. The van der Waals surface area contributed by atoms with E-state index in [2.05, 4.69) is 23.8 Å². The van der Waals surface area contributed by atoms with E-state index < -0.39 is 0 Å². The van der Waals surface area contributed by atoms with Gasteiger partial charge in [0.1, 0.15) is 5.82 Å². The third-order valence-electron chi connectivity index (χ3n) is 3.31. The van der Waals surface area contributed by atoms with Gasteiger partial charge < -0.3 is 5.73 Å². The highest BCUT2D eigenvalue weighted by Crippen LogP contribution is 2.18. The molecule has 2 N–H and O–H groups in total. The van der Waals surface area contributed by atoms with E-state index in [1.165, 1.54) is 31.6 Å². The Bertz CT molecular complexity index is 345. The van der Waals surface area contributed by atoms with Crippen LogP contribution < -0.4 is 5.73 Å². The first-order chi connectivity index (χ1) is 7.69. The molecule has 4 nitrogen and oxygen atoms in total. The van der Waals surface area contributed by atoms with Crippen LogP contribution in [0.25, 0.3) is 0 Å². The number of aryl methyl sites for hydroxylation is 1. The summed E-state index contributed by atoms with van der Waals surface area (Å²) >= 11 is 0. The maximum atomic E-state index is 5.74. The highest BCUT2D eigenvalue weighted by Gasteiger charge is 2.17. The van der Waals surface area contributed by atoms with Crippen LogP contribution in [0.2, 0.25) is 0 Å². The summed E-state index contributed by atoms with van der Waals surface area (Å²) in [6, 6.07) is 2.00. The molecule has 0 saturated carbocycles. The normalized spacial score (nSPS) is 22.5. The zero-order valence-electron chi connectivity index (χ0n) is 10.3. The van der Waals surface area contributed by atoms with E-state index in [1.807, 2.05) is 10.7 Å². The number of rotatable bonds is 3. The summed E-state index contributed by atoms with van der Waals surface area (Å²) in [5.41, 5.74) is 6.98. The molecule has 1 atom stereocenters. The van der Waals surface area contributed by atoms with E-state index in [1.54, 1.807) is 0 Å². The van der Waals surface area contributed by atoms with Gasteiger partial charge in [-0.3, -0.25) is 9.58 Å². The summed E-state index contributed by atoms with van der Waals surface area (Å²) in [5.74, 6) is 1.46. The van der Waals surface area contributed by atoms with Gasteiger partial charge in [-0.1, -0.05) is 6.92 Å². The molecule has 0 bridgehead atoms. The second kappa shape index (κ2) is 4.87. The highest BCUT2D eigenvalue weighted by atomic mass is 15.3. The van der Waals surface area contributed by atoms with E-state index in [4.69, 9.17) is 5.73 Å². The summed E-state index contributed by atoms with van der Waals surface area (Å²) in [5, 5.41) is 4.28. The van der Waals surface area contributed by atoms with Crippen molar-refractivity contribution >= 4 is 5.82 Å². The van der Waals surface area contributed by atoms with Gasteiger partial charge in [0.15, 0.2) is 0 Å². The maximum absolute atomic E-state index is 5.74. The molecular formula is C12H22N4. The molecule has 0 radical (unpaired) electrons. The van der Waals surface area contributed by atoms with E-state index >= 15 is 0 Å². The SMILES string of the molecule is CCn1nc(N)cc1CN1CCCC(C)C1. The molecule has 0 amide bonds. The number of likely N-dealkylation sites (tertiary alicyclic amines) is 1. The lowest BCUT2D eigenvalue weighted by atomic mass is 10.0. The van der Waals surface area contributed by atoms with Gasteiger partial charge in [-0.25, -0.2) is 0 Å². The van der Waals surface area contributed by atoms with Gasteiger partial charge in [0.25, 0.3) is 0 Å². The van der Waals surface area contributed by atoms with Crippen molar-refractivity contribution in [2.75, 3.05) is 18.8 Å². The van der Waals surface area contributed by atoms with Crippen molar-refractivity contribution in [3.8, 4) is 0 Å². The lowest BCUT2D eigenvalue weighted by Crippen LogP contribution is -2.34. The first kappa shape index (κ1) is 11.5. The molecule has 2 rings (SSSR count). The van der Waals surface area contributed by atoms with Crippen LogP contribution in [0, 0.1) is 5.92 Å². The average molecular weight is 222 g/mol. The van der Waals surface area contributed by atoms with Crippen LogP contribution in [0.1, 0.15) is 32.4 Å². The number of anilines is 1. The van der Waals surface area contributed by atoms with Gasteiger partial charge in [0, 0.05) is 25.7 Å². The predicted octanol–water partition coefficient (Wildman–Crippen LogP) is 1.72. The number of nitrogens with zero attached hydrogens (tertiary/aromatic N) is 3. The quantitative estimate of drug-likeness (QED) is 0.847. The molecule has 0 spiro atoms. The number of nitrogens with two attached hydrogens (primary N) is 1. The Labute approximate surface area is 97.4 Å². The first-order valence-electron chi connectivity index (χ1n) is 6.23. The van der Waals surface area contributed by atoms with Crippen molar-refractivity contribution in [1.29, 1.82) is 0 Å². The fourth-order valence-electron chi connectivity index (χ4n) is 2.54. The van der Waals surface area contributed by atoms with Crippen LogP contribution in [-0.4, -0.2) is 27.8 Å². The summed E-state index contributed by atoms with van der Waals surface area (Å²) in [4.78, 5) is 2.51. The topological polar surface area (TPSA) is 47.1 Å². The molecule has 0 aromatic carbocycles. The molecule has 1 fully saturated rings. The maximum Gasteiger partial charge on any atom is 0.145 e. The van der Waals surface area contributed by atoms with Gasteiger partial charge in [-0.05, 0) is 32.2 Å². The monoisotopic (exact) mass is 222 g/mol. The Hall–Kier alpha value is -1.03. The Morgan fingerprint density at radius 1 is 1.56 bits per heavy atom. The third-order valence-corrected chi connectivity index (χ3v) is 3.31. The fourth-order valence-corrected chi connectivity index (χ4v) is 2.54. The zero-order chi connectivity index (χ0) is 11.5. The van der Waals surface area contributed by atoms with Crippen molar-refractivity contribution in [2.45, 2.75) is 39.8 Å². The van der Waals surface area contributed by atoms with E-state index in [0.717, 1.165) is 19.0 Å². The summed E-state index contributed by atoms with van der Waals surface area (Å²) in [6.07, 6.45) is 2.68. The first-order valence-corrected chi connectivity index (χ1v) is 6.23. The average Bonchev–Trinajstić information content (AvgIpc) is 2.59. The summed E-state index contributed by atoms with van der Waals surface area (Å²) in [7, 11) is 0. The predicted molar refractivity (Wildman–Crippen MR) is 66.0 cm³/mol. The van der Waals surface area contributed by atoms with Crippen molar-refractivity contribution in [1.82, 2.24) is 14.7 Å². The molecule has 16 heavy (non-hydrogen) atoms. The van der Waals surface area contributed by atoms with Crippen LogP contribution in [0.5, 0.6) is 0 Å². The van der Waals surface area contributed by atoms with Crippen molar-refractivity contribution in [3.63, 3.8) is 0 Å². The zero-order valence-corrected chi connectivity index (χ0v) is 10.3. The van der Waals surface area contributed by atoms with Gasteiger partial charge in [0.2, 0.25) is 0 Å². The van der Waals surface area contributed by atoms with E-state index in [-0.39, 0.29) is 0 Å². The minimum absolute atomic E-state index is 0.641. The molecule has 1 aromatic heterocycles. The van der Waals surface area contributed by atoms with Crippen molar-refractivity contribution in [3.05, 3.63) is 11.8 Å². The molecule has 1 unspecified atom stereocenters. The Morgan fingerprint density at radius 2 is 2.38 bits per heavy atom. The van der Waals surface area contributed by atoms with Crippen molar-refractivity contribution < 1.29 is 0 Å². The second-order valence-corrected chi connectivity index (χ2v) is 4.86. The molecule has 1 aliphatic heterocycles. The molecule has 2 heterocycles. The molecular weight excluding hydrogens is 200 g/mol. The van der Waals surface area contributed by atoms with E-state index in [9.17, 15) is 0 Å². The summed E-state index contributed by atoms with van der Waals surface area (Å²) in [6.45, 7) is 8.73. The van der Waals surface area contributed by atoms with Crippen LogP contribution >= 0.6 is 0 Å². The van der Waals surface area contributed by atoms with Crippen LogP contribution in [0.4, 0.5) is 5.82 Å². The van der Waals surface area contributed by atoms with Crippen molar-refractivity contribution in [2.24, 2.45) is 5.92 Å². The van der Waals surface area contributed by atoms with E-state index in [0.29, 0.717) is 5.82 Å². The van der Waals surface area contributed by atoms with Gasteiger partial charge in [0.05, 0.1) is 5.69 Å². The van der Waals surface area contributed by atoms with Gasteiger partial charge >= 0.3 is 0 Å². The Kier molecular flexibility index (Phi) is 3.49. The number of nitrogen functional groups attached to an aromatic ring is 1. The number of hydrogen-bond donors (Lipinski definition) is 1. The largest absolute Gasteiger partial charge is 0.382 e. The molecule has 1 aromatic rings. The number of piperidine rings is 1. The third kappa shape index (κ3) is 2.55. The molecule has 1 aliphatic rings.